The summed E-state index contributed by atoms with van der Waals surface area (Å²) in [5.41, 5.74) is 6.90. The zero-order valence-electron chi connectivity index (χ0n) is 18.0. The number of aromatic nitrogens is 1. The number of carbonyl (C=O) groups excluding carboxylic acids is 1. The molecule has 6 nitrogen and oxygen atoms in total. The minimum absolute atomic E-state index is 0.0713. The fourth-order valence-corrected chi connectivity index (χ4v) is 3.51. The molecule has 0 aromatic heterocycles. The van der Waals surface area contributed by atoms with Crippen LogP contribution in [0.3, 0.4) is 0 Å². The van der Waals surface area contributed by atoms with Crippen LogP contribution in [0.2, 0.25) is 0 Å². The van der Waals surface area contributed by atoms with E-state index in [0.717, 1.165) is 29.8 Å². The fourth-order valence-electron chi connectivity index (χ4n) is 3.51. The molecule has 0 fully saturated rings. The first-order valence-electron chi connectivity index (χ1n) is 10.2. The van der Waals surface area contributed by atoms with Gasteiger partial charge in [0.1, 0.15) is 5.82 Å². The second kappa shape index (κ2) is 10.4. The molecule has 3 N–H and O–H groups in total. The van der Waals surface area contributed by atoms with Gasteiger partial charge >= 0.3 is 5.97 Å². The van der Waals surface area contributed by atoms with Crippen molar-refractivity contribution in [3.63, 3.8) is 0 Å². The minimum Gasteiger partial charge on any atom is -0.478 e. The van der Waals surface area contributed by atoms with Crippen molar-refractivity contribution in [3.8, 4) is 16.8 Å². The van der Waals surface area contributed by atoms with Crippen LogP contribution in [0.5, 0.6) is 0 Å². The highest BCUT2D eigenvalue weighted by Crippen LogP contribution is 2.31. The molecule has 4 rings (SSSR count). The van der Waals surface area contributed by atoms with E-state index in [2.05, 4.69) is 0 Å². The van der Waals surface area contributed by atoms with Crippen LogP contribution in [0.4, 0.5) is 4.39 Å². The number of para-hydroxylation sites is 1. The molecule has 2 aromatic rings. The Labute approximate surface area is 190 Å². The Bertz CT molecular complexity index is 1300. The SMILES string of the molecule is Cc1c(C(=O)O)c2cc(=O)cc(F)c-2cn1-c1ccccc1.NC(=O)CCc1ccccc1. The standard InChI is InChI=1S/C17H12FNO3.C9H11NO/c1-10-16(17(21)22)13-7-12(20)8-15(18)14(13)9-19(10)11-5-3-2-4-6-11;10-9(11)7-6-8-4-2-1-3-5-8/h2-9H,1H3,(H,21,22);1-5H,6-7H2,(H2,10,11). The number of carbonyl (C=O) groups is 2. The van der Waals surface area contributed by atoms with E-state index in [9.17, 15) is 23.9 Å². The number of amides is 1. The van der Waals surface area contributed by atoms with Gasteiger partial charge in [-0.3, -0.25) is 9.59 Å². The highest BCUT2D eigenvalue weighted by atomic mass is 19.1. The molecule has 0 bridgehead atoms. The van der Waals surface area contributed by atoms with Crippen LogP contribution in [0, 0.1) is 12.7 Å². The number of halogens is 1. The lowest BCUT2D eigenvalue weighted by atomic mass is 9.97. The summed E-state index contributed by atoms with van der Waals surface area (Å²) in [5, 5.41) is 9.48. The molecule has 2 aliphatic rings. The van der Waals surface area contributed by atoms with Crippen LogP contribution in [0.25, 0.3) is 16.8 Å². The number of fused-ring (bicyclic) bond motifs is 1. The summed E-state index contributed by atoms with van der Waals surface area (Å²) in [5.74, 6) is -2.17. The summed E-state index contributed by atoms with van der Waals surface area (Å²) >= 11 is 0. The number of hydrogen-bond donors (Lipinski definition) is 2. The van der Waals surface area contributed by atoms with Crippen LogP contribution in [-0.2, 0) is 11.2 Å². The van der Waals surface area contributed by atoms with E-state index < -0.39 is 17.2 Å². The number of carboxylic acid groups (broad SMARTS) is 1. The van der Waals surface area contributed by atoms with Crippen molar-refractivity contribution in [2.24, 2.45) is 5.73 Å². The molecule has 0 saturated carbocycles. The maximum Gasteiger partial charge on any atom is 0.338 e. The van der Waals surface area contributed by atoms with Crippen molar-refractivity contribution in [1.82, 2.24) is 4.57 Å². The average Bonchev–Trinajstić information content (AvgIpc) is 2.78. The van der Waals surface area contributed by atoms with Crippen LogP contribution in [0.1, 0.15) is 28.0 Å². The van der Waals surface area contributed by atoms with Gasteiger partial charge in [0.05, 0.1) is 5.56 Å². The third-order valence-corrected chi connectivity index (χ3v) is 5.10. The van der Waals surface area contributed by atoms with E-state index >= 15 is 0 Å². The number of primary amides is 1. The minimum atomic E-state index is -1.20. The van der Waals surface area contributed by atoms with Gasteiger partial charge in [-0.1, -0.05) is 48.5 Å². The number of carboxylic acids is 1. The smallest absolute Gasteiger partial charge is 0.338 e. The zero-order chi connectivity index (χ0) is 24.0. The number of aryl methyl sites for hydroxylation is 1. The lowest BCUT2D eigenvalue weighted by molar-refractivity contribution is -0.118. The molecule has 1 aliphatic heterocycles. The first-order chi connectivity index (χ1) is 15.8. The van der Waals surface area contributed by atoms with E-state index in [1.165, 1.54) is 6.20 Å². The Hall–Kier alpha value is -4.26. The quantitative estimate of drug-likeness (QED) is 0.480. The van der Waals surface area contributed by atoms with Gasteiger partial charge in [-0.2, -0.15) is 0 Å². The van der Waals surface area contributed by atoms with Gasteiger partial charge in [0.25, 0.3) is 0 Å². The van der Waals surface area contributed by atoms with Crippen molar-refractivity contribution in [3.05, 3.63) is 112 Å². The van der Waals surface area contributed by atoms with E-state index in [0.29, 0.717) is 12.1 Å². The summed E-state index contributed by atoms with van der Waals surface area (Å²) in [6.45, 7) is 1.63. The van der Waals surface area contributed by atoms with Crippen molar-refractivity contribution in [2.75, 3.05) is 0 Å². The Balaban J connectivity index is 0.000000235. The number of aromatic carboxylic acids is 1. The molecule has 1 heterocycles. The third-order valence-electron chi connectivity index (χ3n) is 5.10. The molecule has 0 spiro atoms. The number of benzene rings is 3. The van der Waals surface area contributed by atoms with Gasteiger partial charge in [0, 0.05) is 41.2 Å². The van der Waals surface area contributed by atoms with E-state index in [4.69, 9.17) is 5.73 Å². The molecule has 0 saturated heterocycles. The van der Waals surface area contributed by atoms with E-state index in [-0.39, 0.29) is 22.6 Å². The normalized spacial score (nSPS) is 10.4. The van der Waals surface area contributed by atoms with Crippen LogP contribution in [0.15, 0.2) is 83.8 Å². The summed E-state index contributed by atoms with van der Waals surface area (Å²) in [6.07, 6.45) is 2.70. The van der Waals surface area contributed by atoms with Crippen molar-refractivity contribution < 1.29 is 19.1 Å². The lowest BCUT2D eigenvalue weighted by Crippen LogP contribution is -2.15. The molecule has 1 aliphatic carbocycles. The summed E-state index contributed by atoms with van der Waals surface area (Å²) < 4.78 is 15.7. The van der Waals surface area contributed by atoms with E-state index in [1.54, 1.807) is 23.6 Å². The van der Waals surface area contributed by atoms with Gasteiger partial charge in [-0.25, -0.2) is 9.18 Å². The number of hydrogen-bond acceptors (Lipinski definition) is 3. The molecular weight excluding hydrogens is 423 g/mol. The number of nitrogens with two attached hydrogens (primary N) is 1. The van der Waals surface area contributed by atoms with Crippen molar-refractivity contribution in [1.29, 1.82) is 0 Å². The molecular formula is C26H23FN2O4. The van der Waals surface area contributed by atoms with Gasteiger partial charge in [0.15, 0.2) is 5.43 Å². The monoisotopic (exact) mass is 446 g/mol. The molecule has 33 heavy (non-hydrogen) atoms. The molecule has 1 amide bonds. The first-order valence-corrected chi connectivity index (χ1v) is 10.2. The molecule has 0 radical (unpaired) electrons. The number of nitrogens with zero attached hydrogens (tertiary/aromatic N) is 1. The largest absolute Gasteiger partial charge is 0.478 e. The van der Waals surface area contributed by atoms with E-state index in [1.807, 2.05) is 48.5 Å². The predicted molar refractivity (Wildman–Crippen MR) is 124 cm³/mol. The first kappa shape index (κ1) is 23.4. The molecule has 0 unspecified atom stereocenters. The lowest BCUT2D eigenvalue weighted by Gasteiger charge is -2.19. The third kappa shape index (κ3) is 5.71. The number of rotatable bonds is 5. The highest BCUT2D eigenvalue weighted by Gasteiger charge is 2.23. The van der Waals surface area contributed by atoms with Gasteiger partial charge in [-0.15, -0.1) is 0 Å². The Morgan fingerprint density at radius 2 is 1.58 bits per heavy atom. The van der Waals surface area contributed by atoms with Gasteiger partial charge < -0.3 is 15.4 Å². The van der Waals surface area contributed by atoms with Crippen LogP contribution < -0.4 is 11.2 Å². The number of pyridine rings is 1. The second-order valence-electron chi connectivity index (χ2n) is 7.42. The summed E-state index contributed by atoms with van der Waals surface area (Å²) in [7, 11) is 0. The second-order valence-corrected chi connectivity index (χ2v) is 7.42. The molecule has 0 atom stereocenters. The topological polar surface area (TPSA) is 102 Å². The van der Waals surface area contributed by atoms with Crippen LogP contribution >= 0.6 is 0 Å². The summed E-state index contributed by atoms with van der Waals surface area (Å²) in [4.78, 5) is 33.5. The predicted octanol–water partition coefficient (Wildman–Crippen LogP) is 4.19. The van der Waals surface area contributed by atoms with Crippen molar-refractivity contribution >= 4 is 11.9 Å². The maximum atomic E-state index is 14.1. The zero-order valence-corrected chi connectivity index (χ0v) is 18.0. The molecule has 168 valence electrons. The van der Waals surface area contributed by atoms with Crippen molar-refractivity contribution in [2.45, 2.75) is 19.8 Å². The highest BCUT2D eigenvalue weighted by molar-refractivity contribution is 5.97. The fraction of sp³-hybridized carbons (Fsp3) is 0.115. The Kier molecular flexibility index (Phi) is 7.35. The van der Waals surface area contributed by atoms with Crippen LogP contribution in [-0.4, -0.2) is 21.6 Å². The van der Waals surface area contributed by atoms with Gasteiger partial charge in [-0.05, 0) is 37.1 Å². The molecule has 2 aromatic carbocycles. The Morgan fingerprint density at radius 1 is 0.970 bits per heavy atom. The average molecular weight is 446 g/mol. The molecule has 7 heteroatoms. The van der Waals surface area contributed by atoms with Gasteiger partial charge in [0.2, 0.25) is 5.91 Å². The maximum absolute atomic E-state index is 14.1. The summed E-state index contributed by atoms with van der Waals surface area (Å²) in [6, 6.07) is 20.9. The Morgan fingerprint density at radius 3 is 2.15 bits per heavy atom.